The molecular formula is C27H29N3O5S. The van der Waals surface area contributed by atoms with Crippen molar-refractivity contribution in [2.75, 3.05) is 36.4 Å². The Bertz CT molecular complexity index is 1300. The molecule has 1 aliphatic heterocycles. The lowest BCUT2D eigenvalue weighted by atomic mass is 10.1. The molecule has 3 aromatic rings. The SMILES string of the molecule is COc1ccc(S(=O)(=O)N(CC(=O)Nc2ccccc2C(=O)N2CCCCC2)c2ccccc2)cc1. The van der Waals surface area contributed by atoms with E-state index in [4.69, 9.17) is 4.74 Å². The van der Waals surface area contributed by atoms with Crippen LogP contribution in [-0.2, 0) is 14.8 Å². The molecule has 1 heterocycles. The third-order valence-electron chi connectivity index (χ3n) is 6.05. The van der Waals surface area contributed by atoms with E-state index in [1.54, 1.807) is 71.6 Å². The Morgan fingerprint density at radius 1 is 0.889 bits per heavy atom. The maximum atomic E-state index is 13.5. The van der Waals surface area contributed by atoms with E-state index in [0.29, 0.717) is 35.8 Å². The van der Waals surface area contributed by atoms with E-state index in [1.165, 1.54) is 19.2 Å². The standard InChI is InChI=1S/C27H29N3O5S/c1-35-22-14-16-23(17-15-22)36(33,34)30(21-10-4-2-5-11-21)20-26(31)28-25-13-7-6-12-24(25)27(32)29-18-8-3-9-19-29/h2,4-7,10-17H,3,8-9,18-20H2,1H3,(H,28,31). The number of ether oxygens (including phenoxy) is 1. The lowest BCUT2D eigenvalue weighted by Gasteiger charge is -2.28. The minimum absolute atomic E-state index is 0.0284. The molecule has 0 aromatic heterocycles. The number of methoxy groups -OCH3 is 1. The Morgan fingerprint density at radius 2 is 1.53 bits per heavy atom. The first-order chi connectivity index (χ1) is 17.4. The number of carbonyl (C=O) groups is 2. The number of nitrogens with zero attached hydrogens (tertiary/aromatic N) is 2. The van der Waals surface area contributed by atoms with Crippen LogP contribution < -0.4 is 14.4 Å². The molecule has 1 aliphatic rings. The third kappa shape index (κ3) is 5.68. The van der Waals surface area contributed by atoms with Crippen molar-refractivity contribution >= 4 is 33.2 Å². The van der Waals surface area contributed by atoms with Gasteiger partial charge in [0.15, 0.2) is 0 Å². The van der Waals surface area contributed by atoms with Gasteiger partial charge in [0.05, 0.1) is 28.9 Å². The van der Waals surface area contributed by atoms with Crippen molar-refractivity contribution < 1.29 is 22.7 Å². The van der Waals surface area contributed by atoms with Crippen molar-refractivity contribution in [3.8, 4) is 5.75 Å². The van der Waals surface area contributed by atoms with Gasteiger partial charge in [-0.3, -0.25) is 13.9 Å². The Labute approximate surface area is 211 Å². The summed E-state index contributed by atoms with van der Waals surface area (Å²) in [6.45, 7) is 0.899. The van der Waals surface area contributed by atoms with Crippen molar-refractivity contribution in [2.45, 2.75) is 24.2 Å². The van der Waals surface area contributed by atoms with Gasteiger partial charge in [0.1, 0.15) is 12.3 Å². The predicted molar refractivity (Wildman–Crippen MR) is 139 cm³/mol. The second kappa shape index (κ2) is 11.3. The Hall–Kier alpha value is -3.85. The highest BCUT2D eigenvalue weighted by Gasteiger charge is 2.28. The fraction of sp³-hybridized carbons (Fsp3) is 0.259. The van der Waals surface area contributed by atoms with Gasteiger partial charge in [-0.15, -0.1) is 0 Å². The number of piperidine rings is 1. The minimum Gasteiger partial charge on any atom is -0.497 e. The molecule has 8 nitrogen and oxygen atoms in total. The quantitative estimate of drug-likeness (QED) is 0.494. The van der Waals surface area contributed by atoms with Crippen LogP contribution in [0.4, 0.5) is 11.4 Å². The third-order valence-corrected chi connectivity index (χ3v) is 7.84. The fourth-order valence-corrected chi connectivity index (χ4v) is 5.57. The van der Waals surface area contributed by atoms with E-state index in [2.05, 4.69) is 5.32 Å². The molecule has 0 radical (unpaired) electrons. The van der Waals surface area contributed by atoms with Crippen LogP contribution >= 0.6 is 0 Å². The molecule has 4 rings (SSSR count). The Kier molecular flexibility index (Phi) is 7.90. The second-order valence-electron chi connectivity index (χ2n) is 8.47. The van der Waals surface area contributed by atoms with Gasteiger partial charge >= 0.3 is 0 Å². The lowest BCUT2D eigenvalue weighted by molar-refractivity contribution is -0.114. The van der Waals surface area contributed by atoms with Gasteiger partial charge in [-0.05, 0) is 67.8 Å². The van der Waals surface area contributed by atoms with Crippen LogP contribution in [0.15, 0.2) is 83.8 Å². The molecule has 3 aromatic carbocycles. The molecule has 2 amide bonds. The van der Waals surface area contributed by atoms with E-state index in [-0.39, 0.29) is 10.8 Å². The van der Waals surface area contributed by atoms with Crippen LogP contribution in [0.2, 0.25) is 0 Å². The zero-order valence-electron chi connectivity index (χ0n) is 20.1. The molecule has 9 heteroatoms. The van der Waals surface area contributed by atoms with Crippen molar-refractivity contribution in [3.63, 3.8) is 0 Å². The van der Waals surface area contributed by atoms with Crippen LogP contribution in [0.5, 0.6) is 5.75 Å². The number of para-hydroxylation sites is 2. The normalized spacial score (nSPS) is 13.6. The summed E-state index contributed by atoms with van der Waals surface area (Å²) in [6, 6.07) is 21.2. The lowest BCUT2D eigenvalue weighted by Crippen LogP contribution is -2.39. The smallest absolute Gasteiger partial charge is 0.264 e. The maximum absolute atomic E-state index is 13.5. The van der Waals surface area contributed by atoms with Crippen molar-refractivity contribution in [1.82, 2.24) is 4.90 Å². The number of rotatable bonds is 8. The van der Waals surface area contributed by atoms with Crippen LogP contribution in [0.25, 0.3) is 0 Å². The first kappa shape index (κ1) is 25.2. The highest BCUT2D eigenvalue weighted by Crippen LogP contribution is 2.26. The van der Waals surface area contributed by atoms with Gasteiger partial charge < -0.3 is 15.0 Å². The van der Waals surface area contributed by atoms with Gasteiger partial charge in [-0.25, -0.2) is 8.42 Å². The van der Waals surface area contributed by atoms with E-state index < -0.39 is 22.5 Å². The molecule has 1 fully saturated rings. The average molecular weight is 508 g/mol. The summed E-state index contributed by atoms with van der Waals surface area (Å²) in [5.41, 5.74) is 1.09. The van der Waals surface area contributed by atoms with Crippen LogP contribution in [0.3, 0.4) is 0 Å². The molecule has 0 saturated carbocycles. The summed E-state index contributed by atoms with van der Waals surface area (Å²) in [7, 11) is -2.57. The van der Waals surface area contributed by atoms with E-state index in [9.17, 15) is 18.0 Å². The largest absolute Gasteiger partial charge is 0.497 e. The van der Waals surface area contributed by atoms with Gasteiger partial charge in [-0.2, -0.15) is 0 Å². The van der Waals surface area contributed by atoms with E-state index in [0.717, 1.165) is 23.6 Å². The predicted octanol–water partition coefficient (Wildman–Crippen LogP) is 4.16. The number of hydrogen-bond donors (Lipinski definition) is 1. The molecule has 188 valence electrons. The van der Waals surface area contributed by atoms with Crippen molar-refractivity contribution in [3.05, 3.63) is 84.4 Å². The summed E-state index contributed by atoms with van der Waals surface area (Å²) < 4.78 is 33.3. The molecule has 0 spiro atoms. The topological polar surface area (TPSA) is 96.0 Å². The molecule has 0 aliphatic carbocycles. The number of hydrogen-bond acceptors (Lipinski definition) is 5. The number of amides is 2. The fourth-order valence-electron chi connectivity index (χ4n) is 4.15. The van der Waals surface area contributed by atoms with Crippen molar-refractivity contribution in [1.29, 1.82) is 0 Å². The van der Waals surface area contributed by atoms with Crippen LogP contribution in [0.1, 0.15) is 29.6 Å². The number of anilines is 2. The molecular weight excluding hydrogens is 478 g/mol. The van der Waals surface area contributed by atoms with Crippen LogP contribution in [0, 0.1) is 0 Å². The first-order valence-corrected chi connectivity index (χ1v) is 13.2. The molecule has 1 N–H and O–H groups in total. The minimum atomic E-state index is -4.07. The first-order valence-electron chi connectivity index (χ1n) is 11.8. The molecule has 36 heavy (non-hydrogen) atoms. The number of sulfonamides is 1. The Balaban J connectivity index is 1.59. The summed E-state index contributed by atoms with van der Waals surface area (Å²) in [5.74, 6) is -0.181. The monoisotopic (exact) mass is 507 g/mol. The Morgan fingerprint density at radius 3 is 2.19 bits per heavy atom. The molecule has 0 atom stereocenters. The highest BCUT2D eigenvalue weighted by molar-refractivity contribution is 7.92. The maximum Gasteiger partial charge on any atom is 0.264 e. The molecule has 1 saturated heterocycles. The summed E-state index contributed by atoms with van der Waals surface area (Å²) >= 11 is 0. The highest BCUT2D eigenvalue weighted by atomic mass is 32.2. The number of nitrogens with one attached hydrogen (secondary N) is 1. The number of benzene rings is 3. The average Bonchev–Trinajstić information content (AvgIpc) is 2.92. The van der Waals surface area contributed by atoms with Crippen molar-refractivity contribution in [2.24, 2.45) is 0 Å². The number of likely N-dealkylation sites (tertiary alicyclic amines) is 1. The summed E-state index contributed by atoms with van der Waals surface area (Å²) in [6.07, 6.45) is 3.01. The van der Waals surface area contributed by atoms with Gasteiger partial charge in [-0.1, -0.05) is 30.3 Å². The number of carbonyl (C=O) groups excluding carboxylic acids is 2. The zero-order valence-corrected chi connectivity index (χ0v) is 20.9. The molecule has 0 unspecified atom stereocenters. The van der Waals surface area contributed by atoms with Crippen LogP contribution in [-0.4, -0.2) is 51.9 Å². The summed E-state index contributed by atoms with van der Waals surface area (Å²) in [4.78, 5) is 28.1. The second-order valence-corrected chi connectivity index (χ2v) is 10.3. The summed E-state index contributed by atoms with van der Waals surface area (Å²) in [5, 5.41) is 2.76. The van der Waals surface area contributed by atoms with E-state index >= 15 is 0 Å². The van der Waals surface area contributed by atoms with Gasteiger partial charge in [0, 0.05) is 13.1 Å². The molecule has 0 bridgehead atoms. The van der Waals surface area contributed by atoms with Gasteiger partial charge in [0.2, 0.25) is 5.91 Å². The zero-order chi connectivity index (χ0) is 25.5. The van der Waals surface area contributed by atoms with E-state index in [1.807, 2.05) is 0 Å². The van der Waals surface area contributed by atoms with Gasteiger partial charge in [0.25, 0.3) is 15.9 Å².